The highest BCUT2D eigenvalue weighted by Crippen LogP contribution is 2.30. The number of morpholine rings is 1. The van der Waals surface area contributed by atoms with Crippen molar-refractivity contribution in [3.05, 3.63) is 0 Å². The van der Waals surface area contributed by atoms with E-state index in [4.69, 9.17) is 4.74 Å². The SMILES string of the molecule is CCCN1CCOC(C(NCC)C2CCCC2)C1. The van der Waals surface area contributed by atoms with Crippen LogP contribution in [0, 0.1) is 5.92 Å². The van der Waals surface area contributed by atoms with Crippen LogP contribution >= 0.6 is 0 Å². The molecule has 0 radical (unpaired) electrons. The molecule has 3 heteroatoms. The molecule has 2 rings (SSSR count). The van der Waals surface area contributed by atoms with Crippen LogP contribution in [0.5, 0.6) is 0 Å². The van der Waals surface area contributed by atoms with Crippen LogP contribution in [0.2, 0.25) is 0 Å². The van der Waals surface area contributed by atoms with Crippen LogP contribution in [0.25, 0.3) is 0 Å². The van der Waals surface area contributed by atoms with Crippen molar-refractivity contribution >= 4 is 0 Å². The molecule has 1 heterocycles. The molecule has 2 aliphatic rings. The lowest BCUT2D eigenvalue weighted by Crippen LogP contribution is -2.54. The van der Waals surface area contributed by atoms with Gasteiger partial charge in [-0.3, -0.25) is 4.90 Å². The van der Waals surface area contributed by atoms with Crippen molar-refractivity contribution in [1.82, 2.24) is 10.2 Å². The van der Waals surface area contributed by atoms with Crippen LogP contribution in [0.4, 0.5) is 0 Å². The highest BCUT2D eigenvalue weighted by atomic mass is 16.5. The molecule has 0 bridgehead atoms. The smallest absolute Gasteiger partial charge is 0.0857 e. The number of ether oxygens (including phenoxy) is 1. The minimum atomic E-state index is 0.411. The fraction of sp³-hybridized carbons (Fsp3) is 1.00. The zero-order valence-corrected chi connectivity index (χ0v) is 12.2. The van der Waals surface area contributed by atoms with Gasteiger partial charge in [0.05, 0.1) is 12.7 Å². The molecule has 106 valence electrons. The number of likely N-dealkylation sites (N-methyl/N-ethyl adjacent to an activating group) is 1. The fourth-order valence-electron chi connectivity index (χ4n) is 3.62. The van der Waals surface area contributed by atoms with Gasteiger partial charge in [-0.05, 0) is 38.3 Å². The molecule has 2 atom stereocenters. The van der Waals surface area contributed by atoms with E-state index in [2.05, 4.69) is 24.1 Å². The van der Waals surface area contributed by atoms with Crippen LogP contribution in [-0.4, -0.2) is 49.8 Å². The second kappa shape index (κ2) is 7.46. The van der Waals surface area contributed by atoms with Gasteiger partial charge in [-0.25, -0.2) is 0 Å². The summed E-state index contributed by atoms with van der Waals surface area (Å²) in [5.74, 6) is 0.844. The van der Waals surface area contributed by atoms with Crippen LogP contribution < -0.4 is 5.32 Å². The van der Waals surface area contributed by atoms with Gasteiger partial charge in [0, 0.05) is 19.1 Å². The summed E-state index contributed by atoms with van der Waals surface area (Å²) in [4.78, 5) is 2.58. The Balaban J connectivity index is 1.91. The Kier molecular flexibility index (Phi) is 5.93. The van der Waals surface area contributed by atoms with Crippen molar-refractivity contribution in [2.45, 2.75) is 58.1 Å². The molecule has 0 amide bonds. The summed E-state index contributed by atoms with van der Waals surface area (Å²) in [5.41, 5.74) is 0. The normalized spacial score (nSPS) is 28.7. The van der Waals surface area contributed by atoms with Gasteiger partial charge in [-0.1, -0.05) is 26.7 Å². The Morgan fingerprint density at radius 2 is 2.06 bits per heavy atom. The van der Waals surface area contributed by atoms with Gasteiger partial charge in [0.25, 0.3) is 0 Å². The Hall–Kier alpha value is -0.120. The molecule has 18 heavy (non-hydrogen) atoms. The predicted molar refractivity (Wildman–Crippen MR) is 75.9 cm³/mol. The van der Waals surface area contributed by atoms with Crippen molar-refractivity contribution in [3.63, 3.8) is 0 Å². The maximum absolute atomic E-state index is 6.08. The summed E-state index contributed by atoms with van der Waals surface area (Å²) in [6.07, 6.45) is 7.28. The number of nitrogens with zero attached hydrogens (tertiary/aromatic N) is 1. The Morgan fingerprint density at radius 3 is 2.72 bits per heavy atom. The molecule has 3 nitrogen and oxygen atoms in total. The molecular formula is C15H30N2O. The average molecular weight is 254 g/mol. The third-order valence-corrected chi connectivity index (χ3v) is 4.47. The van der Waals surface area contributed by atoms with E-state index >= 15 is 0 Å². The second-order valence-corrected chi connectivity index (χ2v) is 5.84. The van der Waals surface area contributed by atoms with Crippen LogP contribution in [0.3, 0.4) is 0 Å². The topological polar surface area (TPSA) is 24.5 Å². The predicted octanol–water partition coefficient (Wildman–Crippen LogP) is 2.27. The monoisotopic (exact) mass is 254 g/mol. The van der Waals surface area contributed by atoms with Gasteiger partial charge in [0.1, 0.15) is 0 Å². The molecule has 1 saturated heterocycles. The minimum absolute atomic E-state index is 0.411. The summed E-state index contributed by atoms with van der Waals surface area (Å²) in [6.45, 7) is 9.94. The van der Waals surface area contributed by atoms with Crippen LogP contribution in [0.1, 0.15) is 46.0 Å². The highest BCUT2D eigenvalue weighted by Gasteiger charge is 2.34. The summed E-state index contributed by atoms with van der Waals surface area (Å²) < 4.78 is 6.08. The second-order valence-electron chi connectivity index (χ2n) is 5.84. The number of rotatable bonds is 6. The molecule has 0 spiro atoms. The number of hydrogen-bond acceptors (Lipinski definition) is 3. The number of nitrogens with one attached hydrogen (secondary N) is 1. The van der Waals surface area contributed by atoms with E-state index in [1.807, 2.05) is 0 Å². The molecule has 0 aromatic carbocycles. The van der Waals surface area contributed by atoms with Crippen molar-refractivity contribution in [1.29, 1.82) is 0 Å². The van der Waals surface area contributed by atoms with Gasteiger partial charge in [0.15, 0.2) is 0 Å². The lowest BCUT2D eigenvalue weighted by Gasteiger charge is -2.39. The maximum atomic E-state index is 6.08. The zero-order chi connectivity index (χ0) is 12.8. The Morgan fingerprint density at radius 1 is 1.28 bits per heavy atom. The minimum Gasteiger partial charge on any atom is -0.374 e. The molecule has 0 aromatic rings. The van der Waals surface area contributed by atoms with Gasteiger partial charge >= 0.3 is 0 Å². The largest absolute Gasteiger partial charge is 0.374 e. The van der Waals surface area contributed by atoms with Crippen molar-refractivity contribution in [3.8, 4) is 0 Å². The first-order valence-electron chi connectivity index (χ1n) is 7.92. The van der Waals surface area contributed by atoms with Gasteiger partial charge < -0.3 is 10.1 Å². The van der Waals surface area contributed by atoms with Gasteiger partial charge in [-0.2, -0.15) is 0 Å². The molecule has 0 aromatic heterocycles. The number of hydrogen-bond donors (Lipinski definition) is 1. The third kappa shape index (κ3) is 3.69. The fourth-order valence-corrected chi connectivity index (χ4v) is 3.62. The van der Waals surface area contributed by atoms with Crippen LogP contribution in [-0.2, 0) is 4.74 Å². The van der Waals surface area contributed by atoms with E-state index in [1.54, 1.807) is 0 Å². The van der Waals surface area contributed by atoms with Gasteiger partial charge in [-0.15, -0.1) is 0 Å². The first-order valence-corrected chi connectivity index (χ1v) is 7.92. The van der Waals surface area contributed by atoms with E-state index < -0.39 is 0 Å². The molecule has 1 aliphatic carbocycles. The lowest BCUT2D eigenvalue weighted by atomic mass is 9.92. The molecular weight excluding hydrogens is 224 g/mol. The first kappa shape index (κ1) is 14.3. The molecule has 2 fully saturated rings. The molecule has 1 aliphatic heterocycles. The van der Waals surface area contributed by atoms with Crippen LogP contribution in [0.15, 0.2) is 0 Å². The quantitative estimate of drug-likeness (QED) is 0.787. The Bertz CT molecular complexity index is 227. The molecule has 2 unspecified atom stereocenters. The summed E-state index contributed by atoms with van der Waals surface area (Å²) in [6, 6.07) is 0.581. The first-order chi connectivity index (χ1) is 8.85. The van der Waals surface area contributed by atoms with Crippen molar-refractivity contribution in [2.75, 3.05) is 32.8 Å². The molecule has 1 N–H and O–H groups in total. The van der Waals surface area contributed by atoms with Crippen molar-refractivity contribution in [2.24, 2.45) is 5.92 Å². The van der Waals surface area contributed by atoms with E-state index in [0.717, 1.165) is 32.2 Å². The van der Waals surface area contributed by atoms with E-state index in [-0.39, 0.29) is 0 Å². The standard InChI is InChI=1S/C15H30N2O/c1-3-9-17-10-11-18-14(12-17)15(16-4-2)13-7-5-6-8-13/h13-16H,3-12H2,1-2H3. The average Bonchev–Trinajstić information content (AvgIpc) is 2.90. The van der Waals surface area contributed by atoms with E-state index in [1.165, 1.54) is 38.6 Å². The lowest BCUT2D eigenvalue weighted by molar-refractivity contribution is -0.0557. The molecule has 1 saturated carbocycles. The zero-order valence-electron chi connectivity index (χ0n) is 12.2. The maximum Gasteiger partial charge on any atom is 0.0857 e. The van der Waals surface area contributed by atoms with Crippen molar-refractivity contribution < 1.29 is 4.74 Å². The summed E-state index contributed by atoms with van der Waals surface area (Å²) in [7, 11) is 0. The summed E-state index contributed by atoms with van der Waals surface area (Å²) >= 11 is 0. The van der Waals surface area contributed by atoms with Gasteiger partial charge in [0.2, 0.25) is 0 Å². The highest BCUT2D eigenvalue weighted by molar-refractivity contribution is 4.89. The van der Waals surface area contributed by atoms with E-state index in [0.29, 0.717) is 12.1 Å². The van der Waals surface area contributed by atoms with E-state index in [9.17, 15) is 0 Å². The third-order valence-electron chi connectivity index (χ3n) is 4.47. The summed E-state index contributed by atoms with van der Waals surface area (Å²) in [5, 5.41) is 3.71. The Labute approximate surface area is 112 Å².